The second-order valence-electron chi connectivity index (χ2n) is 5.50. The Labute approximate surface area is 137 Å². The average molecular weight is 313 g/mol. The van der Waals surface area contributed by atoms with Crippen molar-refractivity contribution in [2.24, 2.45) is 0 Å². The summed E-state index contributed by atoms with van der Waals surface area (Å²) in [4.78, 5) is 22.3. The van der Waals surface area contributed by atoms with E-state index < -0.39 is 0 Å². The van der Waals surface area contributed by atoms with Crippen LogP contribution in [0.5, 0.6) is 5.75 Å². The van der Waals surface area contributed by atoms with Crippen LogP contribution in [-0.2, 0) is 17.6 Å². The van der Waals surface area contributed by atoms with E-state index in [0.29, 0.717) is 13.0 Å². The van der Waals surface area contributed by atoms with Crippen LogP contribution < -0.4 is 4.74 Å². The minimum absolute atomic E-state index is 0.100. The molecule has 1 aromatic carbocycles. The molecule has 23 heavy (non-hydrogen) atoms. The molecule has 1 heterocycles. The Hall–Kier alpha value is -2.43. The minimum Gasteiger partial charge on any atom is -0.497 e. The maximum absolute atomic E-state index is 12.5. The van der Waals surface area contributed by atoms with E-state index in [9.17, 15) is 4.79 Å². The fourth-order valence-electron chi connectivity index (χ4n) is 2.64. The summed E-state index contributed by atoms with van der Waals surface area (Å²) in [5.74, 6) is 0.942. The molecule has 5 nitrogen and oxygen atoms in total. The number of ether oxygens (including phenoxy) is 1. The summed E-state index contributed by atoms with van der Waals surface area (Å²) >= 11 is 0. The SMILES string of the molecule is CCN(C(=O)Cc1cncnc1)[C@@H](C)Cc1ccc(OC)cc1. The highest BCUT2D eigenvalue weighted by molar-refractivity contribution is 5.78. The number of carbonyl (C=O) groups is 1. The van der Waals surface area contributed by atoms with E-state index in [-0.39, 0.29) is 11.9 Å². The molecule has 5 heteroatoms. The summed E-state index contributed by atoms with van der Waals surface area (Å²) < 4.78 is 5.17. The van der Waals surface area contributed by atoms with Gasteiger partial charge in [0.25, 0.3) is 0 Å². The lowest BCUT2D eigenvalue weighted by molar-refractivity contribution is -0.132. The molecule has 2 aromatic rings. The number of hydrogen-bond acceptors (Lipinski definition) is 4. The minimum atomic E-state index is 0.100. The molecule has 0 saturated carbocycles. The van der Waals surface area contributed by atoms with Crippen molar-refractivity contribution >= 4 is 5.91 Å². The predicted octanol–water partition coefficient (Wildman–Crippen LogP) is 2.51. The number of nitrogens with zero attached hydrogens (tertiary/aromatic N) is 3. The summed E-state index contributed by atoms with van der Waals surface area (Å²) in [5.41, 5.74) is 2.03. The molecule has 1 aromatic heterocycles. The third-order valence-electron chi connectivity index (χ3n) is 3.85. The Morgan fingerprint density at radius 3 is 2.39 bits per heavy atom. The van der Waals surface area contributed by atoms with Crippen molar-refractivity contribution in [3.05, 3.63) is 54.1 Å². The molecule has 0 unspecified atom stereocenters. The monoisotopic (exact) mass is 313 g/mol. The van der Waals surface area contributed by atoms with Crippen molar-refractivity contribution < 1.29 is 9.53 Å². The first-order chi connectivity index (χ1) is 11.1. The molecule has 122 valence electrons. The summed E-state index contributed by atoms with van der Waals surface area (Å²) in [6.07, 6.45) is 5.99. The third-order valence-corrected chi connectivity index (χ3v) is 3.85. The highest BCUT2D eigenvalue weighted by atomic mass is 16.5. The summed E-state index contributed by atoms with van der Waals surface area (Å²) in [6, 6.07) is 8.10. The number of methoxy groups -OCH3 is 1. The van der Waals surface area contributed by atoms with Crippen LogP contribution in [0.15, 0.2) is 43.0 Å². The zero-order chi connectivity index (χ0) is 16.7. The molecular weight excluding hydrogens is 290 g/mol. The zero-order valence-corrected chi connectivity index (χ0v) is 13.9. The van der Waals surface area contributed by atoms with Crippen LogP contribution >= 0.6 is 0 Å². The van der Waals surface area contributed by atoms with E-state index in [2.05, 4.69) is 16.9 Å². The van der Waals surface area contributed by atoms with Gasteiger partial charge in [-0.1, -0.05) is 12.1 Å². The van der Waals surface area contributed by atoms with Gasteiger partial charge in [-0.05, 0) is 43.5 Å². The lowest BCUT2D eigenvalue weighted by atomic mass is 10.0. The lowest BCUT2D eigenvalue weighted by Gasteiger charge is -2.28. The summed E-state index contributed by atoms with van der Waals surface area (Å²) in [5, 5.41) is 0. The number of likely N-dealkylation sites (N-methyl/N-ethyl adjacent to an activating group) is 1. The van der Waals surface area contributed by atoms with Gasteiger partial charge in [0, 0.05) is 25.0 Å². The Morgan fingerprint density at radius 1 is 1.17 bits per heavy atom. The first-order valence-electron chi connectivity index (χ1n) is 7.80. The van der Waals surface area contributed by atoms with Crippen LogP contribution in [0.3, 0.4) is 0 Å². The smallest absolute Gasteiger partial charge is 0.227 e. The van der Waals surface area contributed by atoms with Crippen LogP contribution in [0.2, 0.25) is 0 Å². The Morgan fingerprint density at radius 2 is 1.83 bits per heavy atom. The molecule has 0 N–H and O–H groups in total. The predicted molar refractivity (Wildman–Crippen MR) is 89.3 cm³/mol. The van der Waals surface area contributed by atoms with Crippen LogP contribution in [0.4, 0.5) is 0 Å². The Bertz CT molecular complexity index is 614. The third kappa shape index (κ3) is 4.77. The number of hydrogen-bond donors (Lipinski definition) is 0. The maximum Gasteiger partial charge on any atom is 0.227 e. The Kier molecular flexibility index (Phi) is 6.09. The van der Waals surface area contributed by atoms with Gasteiger partial charge in [0.15, 0.2) is 0 Å². The lowest BCUT2D eigenvalue weighted by Crippen LogP contribution is -2.40. The molecule has 1 atom stereocenters. The fraction of sp³-hybridized carbons (Fsp3) is 0.389. The second-order valence-corrected chi connectivity index (χ2v) is 5.50. The van der Waals surface area contributed by atoms with Crippen molar-refractivity contribution in [1.29, 1.82) is 0 Å². The van der Waals surface area contributed by atoms with Gasteiger partial charge in [-0.25, -0.2) is 9.97 Å². The van der Waals surface area contributed by atoms with Crippen LogP contribution in [0.25, 0.3) is 0 Å². The standard InChI is InChI=1S/C18H23N3O2/c1-4-21(18(22)10-16-11-19-13-20-12-16)14(2)9-15-5-7-17(23-3)8-6-15/h5-8,11-14H,4,9-10H2,1-3H3/t14-/m0/s1. The highest BCUT2D eigenvalue weighted by Gasteiger charge is 2.19. The molecular formula is C18H23N3O2. The molecule has 0 aliphatic carbocycles. The highest BCUT2D eigenvalue weighted by Crippen LogP contribution is 2.15. The van der Waals surface area contributed by atoms with Crippen molar-refractivity contribution in [2.45, 2.75) is 32.7 Å². The van der Waals surface area contributed by atoms with Crippen molar-refractivity contribution in [1.82, 2.24) is 14.9 Å². The number of carbonyl (C=O) groups excluding carboxylic acids is 1. The topological polar surface area (TPSA) is 55.3 Å². The number of aromatic nitrogens is 2. The number of amides is 1. The number of rotatable bonds is 7. The van der Waals surface area contributed by atoms with E-state index in [1.165, 1.54) is 11.9 Å². The normalized spacial score (nSPS) is 11.8. The Balaban J connectivity index is 1.99. The molecule has 0 fully saturated rings. The van der Waals surface area contributed by atoms with E-state index >= 15 is 0 Å². The van der Waals surface area contributed by atoms with E-state index in [1.54, 1.807) is 19.5 Å². The van der Waals surface area contributed by atoms with E-state index in [4.69, 9.17) is 4.74 Å². The molecule has 0 bridgehead atoms. The van der Waals surface area contributed by atoms with Gasteiger partial charge in [-0.3, -0.25) is 4.79 Å². The van der Waals surface area contributed by atoms with Crippen LogP contribution in [0, 0.1) is 0 Å². The quantitative estimate of drug-likeness (QED) is 0.788. The van der Waals surface area contributed by atoms with Gasteiger partial charge < -0.3 is 9.64 Å². The second kappa shape index (κ2) is 8.27. The molecule has 0 aliphatic rings. The maximum atomic E-state index is 12.5. The first kappa shape index (κ1) is 16.9. The van der Waals surface area contributed by atoms with E-state index in [1.807, 2.05) is 36.1 Å². The molecule has 2 rings (SSSR count). The average Bonchev–Trinajstić information content (AvgIpc) is 2.57. The summed E-state index contributed by atoms with van der Waals surface area (Å²) in [7, 11) is 1.66. The van der Waals surface area contributed by atoms with Crippen molar-refractivity contribution in [2.75, 3.05) is 13.7 Å². The fourth-order valence-corrected chi connectivity index (χ4v) is 2.64. The van der Waals surface area contributed by atoms with Gasteiger partial charge in [-0.15, -0.1) is 0 Å². The summed E-state index contributed by atoms with van der Waals surface area (Å²) in [6.45, 7) is 4.76. The number of benzene rings is 1. The van der Waals surface area contributed by atoms with Gasteiger partial charge in [0.1, 0.15) is 12.1 Å². The zero-order valence-electron chi connectivity index (χ0n) is 13.9. The molecule has 0 spiro atoms. The van der Waals surface area contributed by atoms with Crippen LogP contribution in [-0.4, -0.2) is 40.5 Å². The first-order valence-corrected chi connectivity index (χ1v) is 7.80. The molecule has 0 aliphatic heterocycles. The van der Waals surface area contributed by atoms with Gasteiger partial charge in [0.2, 0.25) is 5.91 Å². The van der Waals surface area contributed by atoms with Crippen LogP contribution in [0.1, 0.15) is 25.0 Å². The van der Waals surface area contributed by atoms with Crippen molar-refractivity contribution in [3.8, 4) is 5.75 Å². The molecule has 0 saturated heterocycles. The largest absolute Gasteiger partial charge is 0.497 e. The van der Waals surface area contributed by atoms with Gasteiger partial charge >= 0.3 is 0 Å². The molecule has 0 radical (unpaired) electrons. The van der Waals surface area contributed by atoms with Crippen molar-refractivity contribution in [3.63, 3.8) is 0 Å². The van der Waals surface area contributed by atoms with Gasteiger partial charge in [0.05, 0.1) is 13.5 Å². The van der Waals surface area contributed by atoms with E-state index in [0.717, 1.165) is 17.7 Å². The molecule has 1 amide bonds. The van der Waals surface area contributed by atoms with Gasteiger partial charge in [-0.2, -0.15) is 0 Å².